The minimum atomic E-state index is -0.107. The van der Waals surface area contributed by atoms with Gasteiger partial charge in [-0.05, 0) is 49.4 Å². The zero-order chi connectivity index (χ0) is 17.8. The van der Waals surface area contributed by atoms with Crippen LogP contribution in [-0.4, -0.2) is 25.5 Å². The number of para-hydroxylation sites is 1. The molecule has 0 aliphatic heterocycles. The van der Waals surface area contributed by atoms with Crippen molar-refractivity contribution >= 4 is 28.2 Å². The van der Waals surface area contributed by atoms with E-state index >= 15 is 0 Å². The molecule has 1 fully saturated rings. The Morgan fingerprint density at radius 3 is 2.76 bits per heavy atom. The summed E-state index contributed by atoms with van der Waals surface area (Å²) in [7, 11) is 1.64. The van der Waals surface area contributed by atoms with E-state index in [4.69, 9.17) is 4.74 Å². The maximum absolute atomic E-state index is 12.4. The zero-order valence-corrected chi connectivity index (χ0v) is 15.2. The molecule has 1 aromatic carbocycles. The average molecular weight is 358 g/mol. The second-order valence-corrected chi connectivity index (χ2v) is 7.26. The summed E-state index contributed by atoms with van der Waals surface area (Å²) in [5, 5.41) is 6.58. The first kappa shape index (κ1) is 17.5. The van der Waals surface area contributed by atoms with Gasteiger partial charge in [-0.25, -0.2) is 0 Å². The van der Waals surface area contributed by atoms with Gasteiger partial charge in [0.05, 0.1) is 17.0 Å². The van der Waals surface area contributed by atoms with Crippen LogP contribution in [0.3, 0.4) is 0 Å². The highest BCUT2D eigenvalue weighted by Crippen LogP contribution is 2.32. The van der Waals surface area contributed by atoms with E-state index in [1.165, 1.54) is 11.3 Å². The first-order chi connectivity index (χ1) is 12.1. The Balaban J connectivity index is 1.55. The molecule has 0 spiro atoms. The van der Waals surface area contributed by atoms with Crippen LogP contribution in [0.25, 0.3) is 0 Å². The number of carbonyl (C=O) groups excluding carboxylic acids is 2. The van der Waals surface area contributed by atoms with E-state index in [0.717, 1.165) is 34.7 Å². The number of methoxy groups -OCH3 is 1. The molecule has 25 heavy (non-hydrogen) atoms. The van der Waals surface area contributed by atoms with Gasteiger partial charge in [0.15, 0.2) is 0 Å². The van der Waals surface area contributed by atoms with Crippen LogP contribution in [0.15, 0.2) is 30.3 Å². The van der Waals surface area contributed by atoms with E-state index in [0.29, 0.717) is 17.8 Å². The van der Waals surface area contributed by atoms with Crippen LogP contribution in [-0.2, 0) is 11.2 Å². The number of rotatable bonds is 7. The minimum Gasteiger partial charge on any atom is -0.496 e. The number of aryl methyl sites for hydroxylation is 1. The molecular formula is C19H22N2O3S. The monoisotopic (exact) mass is 358 g/mol. The Kier molecular flexibility index (Phi) is 5.38. The summed E-state index contributed by atoms with van der Waals surface area (Å²) in [4.78, 5) is 24.9. The van der Waals surface area contributed by atoms with Gasteiger partial charge in [0.25, 0.3) is 5.91 Å². The Morgan fingerprint density at radius 1 is 1.28 bits per heavy atom. The van der Waals surface area contributed by atoms with Gasteiger partial charge in [-0.1, -0.05) is 18.2 Å². The topological polar surface area (TPSA) is 67.4 Å². The lowest BCUT2D eigenvalue weighted by Crippen LogP contribution is -2.25. The maximum Gasteiger partial charge on any atom is 0.261 e. The second kappa shape index (κ2) is 7.70. The SMILES string of the molecule is COc1ccccc1CCNC(=O)c1sc(NC(=O)C2CC2)cc1C. The number of amides is 2. The number of nitrogens with one attached hydrogen (secondary N) is 2. The molecule has 5 nitrogen and oxygen atoms in total. The van der Waals surface area contributed by atoms with Gasteiger partial charge in [0, 0.05) is 12.5 Å². The van der Waals surface area contributed by atoms with Crippen molar-refractivity contribution in [2.24, 2.45) is 5.92 Å². The molecule has 132 valence electrons. The number of anilines is 1. The van der Waals surface area contributed by atoms with E-state index in [2.05, 4.69) is 10.6 Å². The third kappa shape index (κ3) is 4.39. The summed E-state index contributed by atoms with van der Waals surface area (Å²) in [6.45, 7) is 2.42. The third-order valence-electron chi connectivity index (χ3n) is 4.19. The van der Waals surface area contributed by atoms with Crippen LogP contribution in [0.1, 0.15) is 33.6 Å². The molecule has 2 N–H and O–H groups in total. The van der Waals surface area contributed by atoms with Gasteiger partial charge in [-0.3, -0.25) is 9.59 Å². The molecular weight excluding hydrogens is 336 g/mol. The quantitative estimate of drug-likeness (QED) is 0.797. The molecule has 1 aliphatic carbocycles. The molecule has 0 unspecified atom stereocenters. The molecule has 1 aromatic heterocycles. The van der Waals surface area contributed by atoms with Gasteiger partial charge in [0.2, 0.25) is 5.91 Å². The normalized spacial score (nSPS) is 13.4. The number of ether oxygens (including phenoxy) is 1. The van der Waals surface area contributed by atoms with Crippen LogP contribution >= 0.6 is 11.3 Å². The number of hydrogen-bond acceptors (Lipinski definition) is 4. The lowest BCUT2D eigenvalue weighted by molar-refractivity contribution is -0.117. The van der Waals surface area contributed by atoms with Crippen LogP contribution in [0.2, 0.25) is 0 Å². The first-order valence-corrected chi connectivity index (χ1v) is 9.21. The van der Waals surface area contributed by atoms with Crippen molar-refractivity contribution in [2.45, 2.75) is 26.2 Å². The van der Waals surface area contributed by atoms with E-state index in [-0.39, 0.29) is 17.7 Å². The number of carbonyl (C=O) groups is 2. The average Bonchev–Trinajstić information content (AvgIpc) is 3.39. The van der Waals surface area contributed by atoms with Crippen molar-refractivity contribution < 1.29 is 14.3 Å². The van der Waals surface area contributed by atoms with E-state index in [1.54, 1.807) is 7.11 Å². The molecule has 0 atom stereocenters. The molecule has 0 saturated heterocycles. The van der Waals surface area contributed by atoms with Crippen molar-refractivity contribution in [2.75, 3.05) is 19.0 Å². The van der Waals surface area contributed by atoms with Gasteiger partial charge in [-0.15, -0.1) is 11.3 Å². The molecule has 6 heteroatoms. The van der Waals surface area contributed by atoms with Gasteiger partial charge < -0.3 is 15.4 Å². The number of benzene rings is 1. The van der Waals surface area contributed by atoms with E-state index in [1.807, 2.05) is 37.3 Å². The van der Waals surface area contributed by atoms with E-state index < -0.39 is 0 Å². The van der Waals surface area contributed by atoms with Crippen LogP contribution in [0.5, 0.6) is 5.75 Å². The number of thiophene rings is 1. The smallest absolute Gasteiger partial charge is 0.261 e. The summed E-state index contributed by atoms with van der Waals surface area (Å²) >= 11 is 1.33. The summed E-state index contributed by atoms with van der Waals surface area (Å²) in [5.74, 6) is 0.934. The Labute approximate surface area is 151 Å². The fourth-order valence-corrected chi connectivity index (χ4v) is 3.63. The summed E-state index contributed by atoms with van der Waals surface area (Å²) < 4.78 is 5.32. The predicted octanol–water partition coefficient (Wildman–Crippen LogP) is 3.39. The molecule has 3 rings (SSSR count). The van der Waals surface area contributed by atoms with Crippen molar-refractivity contribution in [1.82, 2.24) is 5.32 Å². The van der Waals surface area contributed by atoms with Gasteiger partial charge >= 0.3 is 0 Å². The van der Waals surface area contributed by atoms with Crippen molar-refractivity contribution in [1.29, 1.82) is 0 Å². The van der Waals surface area contributed by atoms with Crippen LogP contribution in [0.4, 0.5) is 5.00 Å². The van der Waals surface area contributed by atoms with Crippen molar-refractivity contribution in [3.05, 3.63) is 46.3 Å². The highest BCUT2D eigenvalue weighted by molar-refractivity contribution is 7.18. The molecule has 0 radical (unpaired) electrons. The van der Waals surface area contributed by atoms with E-state index in [9.17, 15) is 9.59 Å². The lowest BCUT2D eigenvalue weighted by atomic mass is 10.1. The first-order valence-electron chi connectivity index (χ1n) is 8.40. The highest BCUT2D eigenvalue weighted by atomic mass is 32.1. The van der Waals surface area contributed by atoms with Crippen molar-refractivity contribution in [3.63, 3.8) is 0 Å². The standard InChI is InChI=1S/C19H22N2O3S/c1-12-11-16(21-18(22)14-7-8-14)25-17(12)19(23)20-10-9-13-5-3-4-6-15(13)24-2/h3-6,11,14H,7-10H2,1-2H3,(H,20,23)(H,21,22). The Hall–Kier alpha value is -2.34. The fraction of sp³-hybridized carbons (Fsp3) is 0.368. The molecule has 0 bridgehead atoms. The molecule has 2 aromatic rings. The third-order valence-corrected chi connectivity index (χ3v) is 5.34. The molecule has 2 amide bonds. The minimum absolute atomic E-state index is 0.0596. The molecule has 1 aliphatic rings. The largest absolute Gasteiger partial charge is 0.496 e. The second-order valence-electron chi connectivity index (χ2n) is 6.20. The zero-order valence-electron chi connectivity index (χ0n) is 14.4. The van der Waals surface area contributed by atoms with Gasteiger partial charge in [0.1, 0.15) is 5.75 Å². The fourth-order valence-electron chi connectivity index (χ4n) is 2.64. The van der Waals surface area contributed by atoms with Crippen LogP contribution in [0, 0.1) is 12.8 Å². The summed E-state index contributed by atoms with van der Waals surface area (Å²) in [6, 6.07) is 9.65. The summed E-state index contributed by atoms with van der Waals surface area (Å²) in [6.07, 6.45) is 2.63. The van der Waals surface area contributed by atoms with Crippen LogP contribution < -0.4 is 15.4 Å². The Morgan fingerprint density at radius 2 is 2.04 bits per heavy atom. The molecule has 1 heterocycles. The summed E-state index contributed by atoms with van der Waals surface area (Å²) in [5.41, 5.74) is 1.94. The highest BCUT2D eigenvalue weighted by Gasteiger charge is 2.30. The van der Waals surface area contributed by atoms with Crippen molar-refractivity contribution in [3.8, 4) is 5.75 Å². The molecule has 1 saturated carbocycles. The maximum atomic E-state index is 12.4. The predicted molar refractivity (Wildman–Crippen MR) is 99.4 cm³/mol. The Bertz CT molecular complexity index is 781. The van der Waals surface area contributed by atoms with Gasteiger partial charge in [-0.2, -0.15) is 0 Å². The number of hydrogen-bond donors (Lipinski definition) is 2. The lowest BCUT2D eigenvalue weighted by Gasteiger charge is -2.09.